The van der Waals surface area contributed by atoms with Gasteiger partial charge in [0.15, 0.2) is 0 Å². The van der Waals surface area contributed by atoms with Crippen molar-refractivity contribution in [3.63, 3.8) is 0 Å². The van der Waals surface area contributed by atoms with E-state index >= 15 is 0 Å². The van der Waals surface area contributed by atoms with E-state index in [-0.39, 0.29) is 22.3 Å². The van der Waals surface area contributed by atoms with Crippen molar-refractivity contribution in [1.29, 1.82) is 0 Å². The summed E-state index contributed by atoms with van der Waals surface area (Å²) in [5.41, 5.74) is 0.0603. The summed E-state index contributed by atoms with van der Waals surface area (Å²) in [6.07, 6.45) is 4.48. The lowest BCUT2D eigenvalue weighted by molar-refractivity contribution is -0.126. The van der Waals surface area contributed by atoms with Crippen LogP contribution in [0.4, 0.5) is 4.39 Å². The summed E-state index contributed by atoms with van der Waals surface area (Å²) < 4.78 is 14.8. The van der Waals surface area contributed by atoms with Crippen LogP contribution in [0.1, 0.15) is 57.1 Å². The first-order chi connectivity index (χ1) is 12.3. The molecule has 0 aromatic heterocycles. The predicted octanol–water partition coefficient (Wildman–Crippen LogP) is 4.89. The number of aliphatic hydroxyl groups is 1. The van der Waals surface area contributed by atoms with E-state index in [1.165, 1.54) is 18.6 Å². The largest absolute Gasteiger partial charge is 0.393 e. The van der Waals surface area contributed by atoms with E-state index in [9.17, 15) is 14.3 Å². The number of rotatable bonds is 4. The first-order valence-electron chi connectivity index (χ1n) is 9.40. The van der Waals surface area contributed by atoms with E-state index in [1.54, 1.807) is 0 Å². The number of benzene rings is 1. The smallest absolute Gasteiger partial charge is 0.223 e. The molecule has 6 heteroatoms. The summed E-state index contributed by atoms with van der Waals surface area (Å²) in [7, 11) is 0. The molecule has 3 saturated carbocycles. The Bertz CT molecular complexity index is 731. The van der Waals surface area contributed by atoms with Gasteiger partial charge in [-0.05, 0) is 67.9 Å². The van der Waals surface area contributed by atoms with Gasteiger partial charge in [0, 0.05) is 11.5 Å². The van der Waals surface area contributed by atoms with Crippen LogP contribution in [0.3, 0.4) is 0 Å². The van der Waals surface area contributed by atoms with Crippen LogP contribution in [0.5, 0.6) is 0 Å². The fraction of sp³-hybridized carbons (Fsp3) is 0.650. The van der Waals surface area contributed by atoms with Gasteiger partial charge in [-0.25, -0.2) is 4.39 Å². The fourth-order valence-electron chi connectivity index (χ4n) is 5.19. The first kappa shape index (κ1) is 18.5. The molecule has 142 valence electrons. The monoisotopic (exact) mass is 399 g/mol. The third-order valence-corrected chi connectivity index (χ3v) is 7.47. The molecule has 0 bridgehead atoms. The molecule has 3 aliphatic rings. The van der Waals surface area contributed by atoms with E-state index in [0.717, 1.165) is 12.8 Å². The number of amides is 1. The van der Waals surface area contributed by atoms with Crippen LogP contribution in [0.25, 0.3) is 0 Å². The van der Waals surface area contributed by atoms with Gasteiger partial charge in [-0.15, -0.1) is 0 Å². The molecule has 4 rings (SSSR count). The molecular weight excluding hydrogens is 376 g/mol. The SMILES string of the molecule is CC1([C@H](NC(=O)[C@H]2CC[C@H](O)C2)c2c(F)ccc(Cl)c2Cl)C[C@H]2C[C@H]2C1. The molecule has 26 heavy (non-hydrogen) atoms. The maximum absolute atomic E-state index is 14.8. The summed E-state index contributed by atoms with van der Waals surface area (Å²) >= 11 is 12.5. The summed E-state index contributed by atoms with van der Waals surface area (Å²) in [4.78, 5) is 12.9. The number of carbonyl (C=O) groups excluding carboxylic acids is 1. The first-order valence-corrected chi connectivity index (χ1v) is 10.2. The lowest BCUT2D eigenvalue weighted by Gasteiger charge is -2.38. The van der Waals surface area contributed by atoms with Crippen LogP contribution in [0, 0.1) is 29.0 Å². The Kier molecular flexibility index (Phi) is 4.73. The standard InChI is InChI=1S/C20H24Cl2FNO2/c1-20(8-11-6-12(11)9-20)18(16-15(23)5-4-14(21)17(16)22)24-19(26)10-2-3-13(25)7-10/h4-5,10-13,18,25H,2-3,6-9H2,1H3,(H,24,26)/t10-,11-,12+,13-,18+,20?/m0/s1. The van der Waals surface area contributed by atoms with Gasteiger partial charge in [0.05, 0.1) is 22.2 Å². The molecule has 0 heterocycles. The molecule has 1 amide bonds. The Labute approximate surface area is 163 Å². The number of nitrogens with one attached hydrogen (secondary N) is 1. The molecule has 1 unspecified atom stereocenters. The summed E-state index contributed by atoms with van der Waals surface area (Å²) in [6, 6.07) is 2.26. The van der Waals surface area contributed by atoms with Gasteiger partial charge in [0.1, 0.15) is 5.82 Å². The van der Waals surface area contributed by atoms with Crippen LogP contribution in [-0.4, -0.2) is 17.1 Å². The number of fused-ring (bicyclic) bond motifs is 1. The Morgan fingerprint density at radius 2 is 1.96 bits per heavy atom. The normalized spacial score (nSPS) is 36.7. The number of hydrogen-bond acceptors (Lipinski definition) is 2. The van der Waals surface area contributed by atoms with Crippen molar-refractivity contribution < 1.29 is 14.3 Å². The molecule has 1 aromatic rings. The highest BCUT2D eigenvalue weighted by molar-refractivity contribution is 6.42. The van der Waals surface area contributed by atoms with E-state index in [1.807, 2.05) is 0 Å². The Morgan fingerprint density at radius 3 is 2.58 bits per heavy atom. The van der Waals surface area contributed by atoms with Gasteiger partial charge in [0.25, 0.3) is 0 Å². The lowest BCUT2D eigenvalue weighted by atomic mass is 9.74. The predicted molar refractivity (Wildman–Crippen MR) is 99.6 cm³/mol. The zero-order chi connectivity index (χ0) is 18.6. The van der Waals surface area contributed by atoms with Crippen LogP contribution < -0.4 is 5.32 Å². The molecule has 6 atom stereocenters. The molecule has 1 aromatic carbocycles. The second-order valence-electron chi connectivity index (χ2n) is 8.68. The summed E-state index contributed by atoms with van der Waals surface area (Å²) in [5.74, 6) is 0.567. The van der Waals surface area contributed by atoms with Crippen LogP contribution >= 0.6 is 23.2 Å². The topological polar surface area (TPSA) is 49.3 Å². The molecule has 0 spiro atoms. The highest BCUT2D eigenvalue weighted by Crippen LogP contribution is 2.64. The molecular formula is C20H24Cl2FNO2. The van der Waals surface area contributed by atoms with Crippen LogP contribution in [0.15, 0.2) is 12.1 Å². The third-order valence-electron chi connectivity index (χ3n) is 6.65. The zero-order valence-corrected chi connectivity index (χ0v) is 16.3. The van der Waals surface area contributed by atoms with Crippen molar-refractivity contribution in [2.75, 3.05) is 0 Å². The van der Waals surface area contributed by atoms with E-state index < -0.39 is 18.0 Å². The highest BCUT2D eigenvalue weighted by Gasteiger charge is 2.55. The van der Waals surface area contributed by atoms with Crippen LogP contribution in [-0.2, 0) is 4.79 Å². The second kappa shape index (κ2) is 6.65. The summed E-state index contributed by atoms with van der Waals surface area (Å²) in [6.45, 7) is 2.12. The molecule has 3 aliphatic carbocycles. The minimum Gasteiger partial charge on any atom is -0.393 e. The Hall–Kier alpha value is -0.840. The minimum absolute atomic E-state index is 0.121. The number of halogens is 3. The van der Waals surface area contributed by atoms with Gasteiger partial charge in [-0.3, -0.25) is 4.79 Å². The van der Waals surface area contributed by atoms with Gasteiger partial charge in [-0.1, -0.05) is 30.1 Å². The van der Waals surface area contributed by atoms with E-state index in [4.69, 9.17) is 23.2 Å². The Balaban J connectivity index is 1.67. The van der Waals surface area contributed by atoms with Crippen molar-refractivity contribution >= 4 is 29.1 Å². The third kappa shape index (κ3) is 3.25. The number of carbonyl (C=O) groups is 1. The summed E-state index contributed by atoms with van der Waals surface area (Å²) in [5, 5.41) is 13.3. The van der Waals surface area contributed by atoms with Crippen molar-refractivity contribution in [2.24, 2.45) is 23.2 Å². The number of hydrogen-bond donors (Lipinski definition) is 2. The van der Waals surface area contributed by atoms with E-state index in [0.29, 0.717) is 41.7 Å². The molecule has 3 fully saturated rings. The minimum atomic E-state index is -0.508. The molecule has 0 saturated heterocycles. The zero-order valence-electron chi connectivity index (χ0n) is 14.8. The average molecular weight is 400 g/mol. The second-order valence-corrected chi connectivity index (χ2v) is 9.47. The van der Waals surface area contributed by atoms with E-state index in [2.05, 4.69) is 12.2 Å². The molecule has 0 radical (unpaired) electrons. The van der Waals surface area contributed by atoms with Crippen molar-refractivity contribution in [2.45, 2.75) is 57.6 Å². The quantitative estimate of drug-likeness (QED) is 0.708. The number of aliphatic hydroxyl groups excluding tert-OH is 1. The van der Waals surface area contributed by atoms with Crippen molar-refractivity contribution in [1.82, 2.24) is 5.32 Å². The lowest BCUT2D eigenvalue weighted by Crippen LogP contribution is -2.42. The Morgan fingerprint density at radius 1 is 1.27 bits per heavy atom. The van der Waals surface area contributed by atoms with Gasteiger partial charge in [-0.2, -0.15) is 0 Å². The highest BCUT2D eigenvalue weighted by atomic mass is 35.5. The van der Waals surface area contributed by atoms with Crippen molar-refractivity contribution in [3.8, 4) is 0 Å². The van der Waals surface area contributed by atoms with Crippen LogP contribution in [0.2, 0.25) is 10.0 Å². The average Bonchev–Trinajstić information content (AvgIpc) is 3.00. The van der Waals surface area contributed by atoms with Gasteiger partial charge < -0.3 is 10.4 Å². The fourth-order valence-corrected chi connectivity index (χ4v) is 5.61. The molecule has 2 N–H and O–H groups in total. The van der Waals surface area contributed by atoms with Gasteiger partial charge in [0.2, 0.25) is 5.91 Å². The maximum atomic E-state index is 14.8. The molecule has 3 nitrogen and oxygen atoms in total. The van der Waals surface area contributed by atoms with Crippen molar-refractivity contribution in [3.05, 3.63) is 33.6 Å². The molecule has 0 aliphatic heterocycles. The maximum Gasteiger partial charge on any atom is 0.223 e. The van der Waals surface area contributed by atoms with Gasteiger partial charge >= 0.3 is 0 Å².